The topological polar surface area (TPSA) is 47.6 Å². The smallest absolute Gasteiger partial charge is 0.244 e. The molecular weight excluding hydrogens is 405 g/mol. The molecule has 0 aliphatic carbocycles. The second-order valence-electron chi connectivity index (χ2n) is 5.54. The van der Waals surface area contributed by atoms with Crippen molar-refractivity contribution in [3.8, 4) is 11.5 Å². The highest BCUT2D eigenvalue weighted by Crippen LogP contribution is 2.28. The Morgan fingerprint density at radius 2 is 1.85 bits per heavy atom. The molecule has 0 radical (unpaired) electrons. The van der Waals surface area contributed by atoms with Crippen LogP contribution in [0.15, 0.2) is 42.5 Å². The number of hydrogen-bond acceptors (Lipinski definition) is 4. The average molecular weight is 426 g/mol. The third-order valence-corrected chi connectivity index (χ3v) is 5.40. The Kier molecular flexibility index (Phi) is 8.85. The van der Waals surface area contributed by atoms with Gasteiger partial charge in [0.1, 0.15) is 0 Å². The molecule has 7 heteroatoms. The minimum absolute atomic E-state index is 0.139. The molecule has 2 aromatic carbocycles. The fourth-order valence-corrected chi connectivity index (χ4v) is 3.38. The molecule has 144 valence electrons. The number of carbonyl (C=O) groups excluding carboxylic acids is 1. The van der Waals surface area contributed by atoms with E-state index in [2.05, 4.69) is 5.32 Å². The zero-order valence-electron chi connectivity index (χ0n) is 15.1. The van der Waals surface area contributed by atoms with Crippen molar-refractivity contribution >= 4 is 46.9 Å². The van der Waals surface area contributed by atoms with Crippen LogP contribution in [0.3, 0.4) is 0 Å². The van der Waals surface area contributed by atoms with Gasteiger partial charge in [-0.1, -0.05) is 35.3 Å². The van der Waals surface area contributed by atoms with Crippen molar-refractivity contribution in [2.75, 3.05) is 26.5 Å². The van der Waals surface area contributed by atoms with Crippen LogP contribution in [0, 0.1) is 0 Å². The molecule has 0 saturated heterocycles. The van der Waals surface area contributed by atoms with E-state index in [0.29, 0.717) is 28.1 Å². The second-order valence-corrected chi connectivity index (χ2v) is 7.46. The number of hydrogen-bond donors (Lipinski definition) is 1. The number of carbonyl (C=O) groups is 1. The number of benzene rings is 2. The third kappa shape index (κ3) is 7.01. The van der Waals surface area contributed by atoms with E-state index in [1.807, 2.05) is 24.3 Å². The van der Waals surface area contributed by atoms with Crippen molar-refractivity contribution in [1.29, 1.82) is 0 Å². The summed E-state index contributed by atoms with van der Waals surface area (Å²) in [5.74, 6) is 2.75. The fraction of sp³-hybridized carbons (Fsp3) is 0.250. The minimum Gasteiger partial charge on any atom is -0.493 e. The standard InChI is InChI=1S/C20H21Cl2NO3S/c1-25-18-7-4-14(12-19(18)26-2)5-8-20(24)23-9-10-27-13-15-3-6-16(21)17(22)11-15/h3-8,11-12H,9-10,13H2,1-2H3,(H,23,24). The van der Waals surface area contributed by atoms with Gasteiger partial charge in [0.2, 0.25) is 5.91 Å². The first-order valence-electron chi connectivity index (χ1n) is 8.23. The van der Waals surface area contributed by atoms with Gasteiger partial charge in [0.25, 0.3) is 0 Å². The van der Waals surface area contributed by atoms with Gasteiger partial charge >= 0.3 is 0 Å². The van der Waals surface area contributed by atoms with Crippen LogP contribution in [0.5, 0.6) is 11.5 Å². The Bertz CT molecular complexity index is 812. The van der Waals surface area contributed by atoms with Gasteiger partial charge in [-0.3, -0.25) is 4.79 Å². The van der Waals surface area contributed by atoms with E-state index in [0.717, 1.165) is 22.6 Å². The van der Waals surface area contributed by atoms with Crippen molar-refractivity contribution in [2.45, 2.75) is 5.75 Å². The largest absolute Gasteiger partial charge is 0.493 e. The maximum absolute atomic E-state index is 11.9. The molecule has 1 N–H and O–H groups in total. The average Bonchev–Trinajstić information content (AvgIpc) is 2.68. The molecule has 0 bridgehead atoms. The Hall–Kier alpha value is -1.82. The normalized spacial score (nSPS) is 10.8. The highest BCUT2D eigenvalue weighted by molar-refractivity contribution is 7.98. The molecule has 2 rings (SSSR count). The predicted octanol–water partition coefficient (Wildman–Crippen LogP) is 5.07. The van der Waals surface area contributed by atoms with Gasteiger partial charge in [-0.15, -0.1) is 0 Å². The van der Waals surface area contributed by atoms with Crippen molar-refractivity contribution in [2.24, 2.45) is 0 Å². The molecular formula is C20H21Cl2NO3S. The van der Waals surface area contributed by atoms with Gasteiger partial charge in [-0.25, -0.2) is 0 Å². The molecule has 2 aromatic rings. The first-order chi connectivity index (χ1) is 13.0. The van der Waals surface area contributed by atoms with Crippen LogP contribution in [0.2, 0.25) is 10.0 Å². The number of nitrogens with one attached hydrogen (secondary N) is 1. The Morgan fingerprint density at radius 1 is 1.07 bits per heavy atom. The van der Waals surface area contributed by atoms with Gasteiger partial charge in [-0.2, -0.15) is 11.8 Å². The van der Waals surface area contributed by atoms with Crippen molar-refractivity contribution in [1.82, 2.24) is 5.32 Å². The minimum atomic E-state index is -0.139. The van der Waals surface area contributed by atoms with Crippen LogP contribution in [0.4, 0.5) is 0 Å². The van der Waals surface area contributed by atoms with E-state index in [9.17, 15) is 4.79 Å². The molecule has 0 aliphatic rings. The van der Waals surface area contributed by atoms with Crippen LogP contribution >= 0.6 is 35.0 Å². The van der Waals surface area contributed by atoms with Crippen molar-refractivity contribution < 1.29 is 14.3 Å². The molecule has 0 unspecified atom stereocenters. The van der Waals surface area contributed by atoms with E-state index in [4.69, 9.17) is 32.7 Å². The lowest BCUT2D eigenvalue weighted by atomic mass is 10.2. The van der Waals surface area contributed by atoms with E-state index in [1.165, 1.54) is 6.08 Å². The first kappa shape index (κ1) is 21.5. The summed E-state index contributed by atoms with van der Waals surface area (Å²) >= 11 is 13.6. The summed E-state index contributed by atoms with van der Waals surface area (Å²) in [6, 6.07) is 11.1. The SMILES string of the molecule is COc1ccc(C=CC(=O)NCCSCc2ccc(Cl)c(Cl)c2)cc1OC. The van der Waals surface area contributed by atoms with Crippen molar-refractivity contribution in [3.05, 3.63) is 63.6 Å². The quantitative estimate of drug-likeness (QED) is 0.449. The molecule has 1 amide bonds. The van der Waals surface area contributed by atoms with Gasteiger partial charge in [0, 0.05) is 24.1 Å². The summed E-state index contributed by atoms with van der Waals surface area (Å²) < 4.78 is 10.4. The highest BCUT2D eigenvalue weighted by atomic mass is 35.5. The molecule has 0 atom stereocenters. The number of thioether (sulfide) groups is 1. The van der Waals surface area contributed by atoms with Crippen LogP contribution in [0.25, 0.3) is 6.08 Å². The Morgan fingerprint density at radius 3 is 2.56 bits per heavy atom. The predicted molar refractivity (Wildman–Crippen MR) is 114 cm³/mol. The number of amides is 1. The fourth-order valence-electron chi connectivity index (χ4n) is 2.25. The maximum Gasteiger partial charge on any atom is 0.244 e. The third-order valence-electron chi connectivity index (χ3n) is 3.63. The summed E-state index contributed by atoms with van der Waals surface area (Å²) in [5.41, 5.74) is 1.96. The zero-order chi connectivity index (χ0) is 19.6. The monoisotopic (exact) mass is 425 g/mol. The second kappa shape index (κ2) is 11.1. The van der Waals surface area contributed by atoms with Gasteiger partial charge in [0.15, 0.2) is 11.5 Å². The molecule has 27 heavy (non-hydrogen) atoms. The summed E-state index contributed by atoms with van der Waals surface area (Å²) in [7, 11) is 3.16. The van der Waals surface area contributed by atoms with Crippen LogP contribution in [-0.4, -0.2) is 32.4 Å². The van der Waals surface area contributed by atoms with Gasteiger partial charge in [-0.05, 0) is 41.5 Å². The van der Waals surface area contributed by atoms with E-state index >= 15 is 0 Å². The zero-order valence-corrected chi connectivity index (χ0v) is 17.5. The van der Waals surface area contributed by atoms with E-state index in [1.54, 1.807) is 44.2 Å². The molecule has 0 saturated carbocycles. The molecule has 0 heterocycles. The number of ether oxygens (including phenoxy) is 2. The van der Waals surface area contributed by atoms with Crippen LogP contribution in [-0.2, 0) is 10.5 Å². The molecule has 0 aromatic heterocycles. The van der Waals surface area contributed by atoms with Gasteiger partial charge in [0.05, 0.1) is 24.3 Å². The Balaban J connectivity index is 1.72. The van der Waals surface area contributed by atoms with Crippen molar-refractivity contribution in [3.63, 3.8) is 0 Å². The molecule has 0 fully saturated rings. The molecule has 0 aliphatic heterocycles. The van der Waals surface area contributed by atoms with E-state index in [-0.39, 0.29) is 5.91 Å². The lowest BCUT2D eigenvalue weighted by Gasteiger charge is -2.07. The number of rotatable bonds is 9. The summed E-state index contributed by atoms with van der Waals surface area (Å²) in [6.45, 7) is 0.584. The lowest BCUT2D eigenvalue weighted by molar-refractivity contribution is -0.116. The molecule has 0 spiro atoms. The summed E-state index contributed by atoms with van der Waals surface area (Å²) in [5, 5.41) is 3.97. The van der Waals surface area contributed by atoms with Gasteiger partial charge < -0.3 is 14.8 Å². The van der Waals surface area contributed by atoms with E-state index < -0.39 is 0 Å². The highest BCUT2D eigenvalue weighted by Gasteiger charge is 2.03. The van der Waals surface area contributed by atoms with Crippen LogP contribution < -0.4 is 14.8 Å². The number of halogens is 2. The first-order valence-corrected chi connectivity index (χ1v) is 10.1. The summed E-state index contributed by atoms with van der Waals surface area (Å²) in [6.07, 6.45) is 3.24. The number of methoxy groups -OCH3 is 2. The lowest BCUT2D eigenvalue weighted by Crippen LogP contribution is -2.23. The summed E-state index contributed by atoms with van der Waals surface area (Å²) in [4.78, 5) is 11.9. The van der Waals surface area contributed by atoms with Crippen LogP contribution in [0.1, 0.15) is 11.1 Å². The Labute approximate surface area is 173 Å². The molecule has 4 nitrogen and oxygen atoms in total. The maximum atomic E-state index is 11.9.